The largest absolute Gasteiger partial charge is 0.462 e. The molecular weight excluding hydrogens is 598 g/mol. The minimum Gasteiger partial charge on any atom is -0.462 e. The van der Waals surface area contributed by atoms with Crippen LogP contribution >= 0.6 is 42.7 Å². The molecule has 4 N–H and O–H groups in total. The summed E-state index contributed by atoms with van der Waals surface area (Å²) >= 11 is 13.6. The van der Waals surface area contributed by atoms with Crippen LogP contribution in [0.5, 0.6) is 0 Å². The number of carbonyl (C=O) groups excluding carboxylic acids is 2. The van der Waals surface area contributed by atoms with Crippen molar-refractivity contribution in [2.45, 2.75) is 76.5 Å². The Morgan fingerprint density at radius 1 is 1.33 bits per heavy atom. The van der Waals surface area contributed by atoms with Gasteiger partial charge in [0.25, 0.3) is 0 Å². The number of hydrogen-bond donors (Lipinski definition) is 3. The number of thioether (sulfide) groups is 1. The number of rotatable bonds is 12. The number of anilines is 1. The number of aliphatic hydroxyl groups is 1. The predicted octanol–water partition coefficient (Wildman–Crippen LogP) is 2.63. The van der Waals surface area contributed by atoms with Crippen molar-refractivity contribution in [3.63, 3.8) is 0 Å². The number of nitrogens with one attached hydrogen (secondary N) is 1. The van der Waals surface area contributed by atoms with E-state index in [4.69, 9.17) is 47.5 Å². The van der Waals surface area contributed by atoms with E-state index >= 15 is 0 Å². The third-order valence-electron chi connectivity index (χ3n) is 5.14. The fourth-order valence-electron chi connectivity index (χ4n) is 3.13. The summed E-state index contributed by atoms with van der Waals surface area (Å²) in [6.45, 7) is 9.27. The molecule has 0 radical (unpaired) electrons. The Labute approximate surface area is 241 Å². The Kier molecular flexibility index (Phi) is 11.9. The summed E-state index contributed by atoms with van der Waals surface area (Å²) < 4.78 is 34.3. The van der Waals surface area contributed by atoms with Gasteiger partial charge in [-0.1, -0.05) is 55.7 Å². The van der Waals surface area contributed by atoms with Crippen LogP contribution in [0.3, 0.4) is 0 Å². The number of nitrogens with zero attached hydrogens (tertiary/aromatic N) is 2. The summed E-state index contributed by atoms with van der Waals surface area (Å²) in [4.78, 5) is 40.3. The van der Waals surface area contributed by atoms with Gasteiger partial charge in [-0.15, -0.1) is 0 Å². The first-order valence-electron chi connectivity index (χ1n) is 12.0. The maximum atomic E-state index is 13.6. The molecule has 17 heteroatoms. The molecule has 1 saturated heterocycles. The monoisotopic (exact) mass is 632 g/mol. The highest BCUT2D eigenvalue weighted by Crippen LogP contribution is 2.49. The SMILES string of the molecule is CC(C)OC(=O)C(C)NP(=O)(OCCSC(=O)C(C)(C)C)OCC1OC(n2ccc(N)nc2=O)C(Cl)(Cl)C1O. The van der Waals surface area contributed by atoms with E-state index in [9.17, 15) is 24.1 Å². The van der Waals surface area contributed by atoms with Crippen molar-refractivity contribution in [1.29, 1.82) is 0 Å². The van der Waals surface area contributed by atoms with Gasteiger partial charge in [0.1, 0.15) is 24.1 Å². The normalized spacial score (nSPS) is 23.4. The summed E-state index contributed by atoms with van der Waals surface area (Å²) in [5, 5.41) is 13.1. The van der Waals surface area contributed by atoms with Crippen LogP contribution < -0.4 is 16.5 Å². The zero-order valence-corrected chi connectivity index (χ0v) is 25.7. The number of aliphatic hydroxyl groups excluding tert-OH is 1. The van der Waals surface area contributed by atoms with Gasteiger partial charge in [-0.3, -0.25) is 23.2 Å². The summed E-state index contributed by atoms with van der Waals surface area (Å²) in [6, 6.07) is 0.209. The minimum atomic E-state index is -4.25. The molecule has 222 valence electrons. The summed E-state index contributed by atoms with van der Waals surface area (Å²) in [7, 11) is -4.25. The highest BCUT2D eigenvalue weighted by molar-refractivity contribution is 8.13. The molecular formula is C22H35Cl2N4O9PS. The highest BCUT2D eigenvalue weighted by atomic mass is 35.5. The van der Waals surface area contributed by atoms with Crippen LogP contribution in [0.4, 0.5) is 5.82 Å². The van der Waals surface area contributed by atoms with E-state index in [1.807, 2.05) is 0 Å². The molecule has 2 rings (SSSR count). The molecule has 0 spiro atoms. The lowest BCUT2D eigenvalue weighted by atomic mass is 10.00. The van der Waals surface area contributed by atoms with E-state index in [1.165, 1.54) is 19.2 Å². The number of ether oxygens (including phenoxy) is 2. The van der Waals surface area contributed by atoms with Crippen molar-refractivity contribution < 1.29 is 37.8 Å². The number of nitrogens with two attached hydrogens (primary N) is 1. The number of alkyl halides is 2. The van der Waals surface area contributed by atoms with E-state index < -0.39 is 66.3 Å². The van der Waals surface area contributed by atoms with Crippen molar-refractivity contribution in [2.75, 3.05) is 24.7 Å². The van der Waals surface area contributed by atoms with Crippen molar-refractivity contribution in [3.05, 3.63) is 22.7 Å². The first-order valence-corrected chi connectivity index (χ1v) is 15.3. The van der Waals surface area contributed by atoms with Crippen LogP contribution in [-0.4, -0.2) is 73.4 Å². The molecule has 5 unspecified atom stereocenters. The van der Waals surface area contributed by atoms with Crippen LogP contribution in [0, 0.1) is 5.41 Å². The number of esters is 1. The van der Waals surface area contributed by atoms with Gasteiger partial charge in [-0.05, 0) is 26.8 Å². The van der Waals surface area contributed by atoms with Gasteiger partial charge in [0.15, 0.2) is 15.7 Å². The van der Waals surface area contributed by atoms with Crippen molar-refractivity contribution in [2.24, 2.45) is 5.41 Å². The molecule has 0 saturated carbocycles. The van der Waals surface area contributed by atoms with Crippen molar-refractivity contribution >= 4 is 59.6 Å². The summed E-state index contributed by atoms with van der Waals surface area (Å²) in [5.74, 6) is -0.594. The van der Waals surface area contributed by atoms with E-state index in [-0.39, 0.29) is 23.3 Å². The van der Waals surface area contributed by atoms with Crippen molar-refractivity contribution in [3.8, 4) is 0 Å². The van der Waals surface area contributed by atoms with Crippen LogP contribution in [0.1, 0.15) is 47.8 Å². The van der Waals surface area contributed by atoms with Gasteiger partial charge in [-0.2, -0.15) is 4.98 Å². The zero-order chi connectivity index (χ0) is 29.8. The smallest absolute Gasteiger partial charge is 0.406 e. The molecule has 2 heterocycles. The first kappa shape index (κ1) is 34.0. The lowest BCUT2D eigenvalue weighted by Crippen LogP contribution is -2.40. The first-order chi connectivity index (χ1) is 17.9. The number of aromatic nitrogens is 2. The van der Waals surface area contributed by atoms with Crippen LogP contribution in [0.15, 0.2) is 17.1 Å². The molecule has 1 aliphatic heterocycles. The summed E-state index contributed by atoms with van der Waals surface area (Å²) in [6.07, 6.45) is -3.44. The van der Waals surface area contributed by atoms with Crippen LogP contribution in [0.25, 0.3) is 0 Å². The quantitative estimate of drug-likeness (QED) is 0.132. The lowest BCUT2D eigenvalue weighted by Gasteiger charge is -2.25. The molecule has 1 aromatic rings. The Balaban J connectivity index is 2.16. The van der Waals surface area contributed by atoms with E-state index in [2.05, 4.69) is 10.1 Å². The molecule has 1 fully saturated rings. The van der Waals surface area contributed by atoms with E-state index in [1.54, 1.807) is 34.6 Å². The Bertz CT molecular complexity index is 1130. The number of carbonyl (C=O) groups is 2. The molecule has 1 aliphatic rings. The highest BCUT2D eigenvalue weighted by Gasteiger charge is 2.56. The predicted molar refractivity (Wildman–Crippen MR) is 148 cm³/mol. The molecule has 0 amide bonds. The second-order valence-electron chi connectivity index (χ2n) is 10.0. The average molecular weight is 633 g/mol. The maximum Gasteiger partial charge on any atom is 0.406 e. The number of nitrogen functional groups attached to an aromatic ring is 1. The minimum absolute atomic E-state index is 0.0407. The fourth-order valence-corrected chi connectivity index (χ4v) is 6.11. The number of halogens is 2. The van der Waals surface area contributed by atoms with E-state index in [0.717, 1.165) is 16.3 Å². The Morgan fingerprint density at radius 3 is 2.54 bits per heavy atom. The van der Waals surface area contributed by atoms with Gasteiger partial charge in [-0.25, -0.2) is 14.4 Å². The molecule has 0 aliphatic carbocycles. The average Bonchev–Trinajstić information content (AvgIpc) is 3.03. The van der Waals surface area contributed by atoms with Gasteiger partial charge < -0.3 is 20.3 Å². The van der Waals surface area contributed by atoms with Gasteiger partial charge in [0.05, 0.1) is 19.3 Å². The molecule has 1 aromatic heterocycles. The van der Waals surface area contributed by atoms with Crippen LogP contribution in [0.2, 0.25) is 0 Å². The third-order valence-corrected chi connectivity index (χ3v) is 8.92. The summed E-state index contributed by atoms with van der Waals surface area (Å²) in [5.41, 5.74) is 4.11. The molecule has 0 bridgehead atoms. The fraction of sp³-hybridized carbons (Fsp3) is 0.727. The molecule has 5 atom stereocenters. The van der Waals surface area contributed by atoms with Gasteiger partial charge in [0, 0.05) is 17.4 Å². The molecule has 0 aromatic carbocycles. The van der Waals surface area contributed by atoms with Crippen molar-refractivity contribution in [1.82, 2.24) is 14.6 Å². The standard InChI is InChI=1S/C22H35Cl2N4O9PS/c1-12(2)36-17(30)13(3)27-38(33,34-9-10-39-19(31)21(4,5)6)35-11-14-16(29)22(23,24)18(37-14)28-8-7-15(25)26-20(28)32/h7-8,12-14,16,18,29H,9-11H2,1-6H3,(H,27,33)(H2,25,26,32). The van der Waals surface area contributed by atoms with Gasteiger partial charge >= 0.3 is 19.4 Å². The maximum absolute atomic E-state index is 13.6. The Morgan fingerprint density at radius 2 is 1.97 bits per heavy atom. The second kappa shape index (κ2) is 13.6. The van der Waals surface area contributed by atoms with Crippen LogP contribution in [-0.2, 0) is 32.7 Å². The second-order valence-corrected chi connectivity index (χ2v) is 14.3. The van der Waals surface area contributed by atoms with Gasteiger partial charge in [0.2, 0.25) is 0 Å². The lowest BCUT2D eigenvalue weighted by molar-refractivity contribution is -0.149. The molecule has 39 heavy (non-hydrogen) atoms. The zero-order valence-electron chi connectivity index (χ0n) is 22.5. The van der Waals surface area contributed by atoms with E-state index in [0.29, 0.717) is 0 Å². The topological polar surface area (TPSA) is 181 Å². The number of hydrogen-bond acceptors (Lipinski definition) is 12. The molecule has 13 nitrogen and oxygen atoms in total. The third kappa shape index (κ3) is 9.40. The Hall–Kier alpha value is -1.22.